The van der Waals surface area contributed by atoms with Crippen LogP contribution in [0, 0.1) is 13.8 Å². The highest BCUT2D eigenvalue weighted by Gasteiger charge is 2.45. The molecule has 1 amide bonds. The van der Waals surface area contributed by atoms with Crippen molar-refractivity contribution in [3.8, 4) is 0 Å². The average Bonchev–Trinajstić information content (AvgIpc) is 2.65. The monoisotopic (exact) mass is 373 g/mol. The zero-order valence-electron chi connectivity index (χ0n) is 17.3. The van der Waals surface area contributed by atoms with Gasteiger partial charge >= 0.3 is 0 Å². The maximum absolute atomic E-state index is 13.4. The predicted octanol–water partition coefficient (Wildman–Crippen LogP) is 2.94. The van der Waals surface area contributed by atoms with Crippen LogP contribution in [0.4, 0.5) is 5.69 Å². The maximum atomic E-state index is 13.4. The van der Waals surface area contributed by atoms with Gasteiger partial charge in [-0.1, -0.05) is 31.0 Å². The third-order valence-electron chi connectivity index (χ3n) is 6.79. The van der Waals surface area contributed by atoms with E-state index in [2.05, 4.69) is 15.1 Å². The predicted molar refractivity (Wildman–Crippen MR) is 110 cm³/mol. The molecule has 0 spiro atoms. The molecule has 0 unspecified atom stereocenters. The van der Waals surface area contributed by atoms with Crippen molar-refractivity contribution in [3.05, 3.63) is 29.3 Å². The Bertz CT molecular complexity index is 645. The number of benzene rings is 1. The molecule has 5 heteroatoms. The fourth-order valence-corrected chi connectivity index (χ4v) is 4.86. The molecule has 1 heterocycles. The molecule has 2 N–H and O–H groups in total. The molecule has 1 aromatic carbocycles. The van der Waals surface area contributed by atoms with Gasteiger partial charge in [0, 0.05) is 24.8 Å². The van der Waals surface area contributed by atoms with Crippen LogP contribution >= 0.6 is 0 Å². The van der Waals surface area contributed by atoms with Crippen LogP contribution < -0.4 is 5.32 Å². The first-order valence-electron chi connectivity index (χ1n) is 10.3. The van der Waals surface area contributed by atoms with Crippen molar-refractivity contribution in [1.29, 1.82) is 0 Å². The summed E-state index contributed by atoms with van der Waals surface area (Å²) in [4.78, 5) is 17.9. The van der Waals surface area contributed by atoms with E-state index >= 15 is 0 Å². The lowest BCUT2D eigenvalue weighted by Gasteiger charge is -2.48. The number of aryl methyl sites for hydroxylation is 2. The second-order valence-corrected chi connectivity index (χ2v) is 8.60. The van der Waals surface area contributed by atoms with Gasteiger partial charge in [0.1, 0.15) is 5.54 Å². The van der Waals surface area contributed by atoms with E-state index in [0.717, 1.165) is 62.0 Å². The molecule has 27 heavy (non-hydrogen) atoms. The summed E-state index contributed by atoms with van der Waals surface area (Å²) >= 11 is 0. The van der Waals surface area contributed by atoms with Gasteiger partial charge in [0.15, 0.2) is 0 Å². The lowest BCUT2D eigenvalue weighted by Crippen LogP contribution is -2.61. The summed E-state index contributed by atoms with van der Waals surface area (Å²) in [6.45, 7) is 5.80. The number of amides is 1. The minimum Gasteiger partial charge on any atom is -0.391 e. The zero-order valence-corrected chi connectivity index (χ0v) is 17.3. The number of carbonyl (C=O) groups excluding carboxylic acids is 1. The summed E-state index contributed by atoms with van der Waals surface area (Å²) in [5.41, 5.74) is 2.64. The Morgan fingerprint density at radius 1 is 1.15 bits per heavy atom. The molecule has 1 saturated heterocycles. The molecule has 5 nitrogen and oxygen atoms in total. The fraction of sp³-hybridized carbons (Fsp3) is 0.682. The minimum atomic E-state index is -0.495. The zero-order chi connectivity index (χ0) is 19.6. The van der Waals surface area contributed by atoms with Gasteiger partial charge in [-0.2, -0.15) is 0 Å². The number of piperidine rings is 1. The molecule has 150 valence electrons. The number of nitrogens with one attached hydrogen (secondary N) is 1. The standard InChI is InChI=1S/C22H35N3O2/c1-16-8-7-9-17(2)20(16)23-21(27)22(24(3)4)12-14-25(15-13-22)18-10-5-6-11-19(18)26/h7-9,18-19,26H,5-6,10-15H2,1-4H3,(H,23,27)/t18-,19-/m1/s1. The first-order chi connectivity index (χ1) is 12.8. The second kappa shape index (κ2) is 8.29. The van der Waals surface area contributed by atoms with Crippen LogP contribution in [0.25, 0.3) is 0 Å². The van der Waals surface area contributed by atoms with Crippen LogP contribution in [0.3, 0.4) is 0 Å². The molecule has 1 saturated carbocycles. The van der Waals surface area contributed by atoms with Crippen LogP contribution in [0.15, 0.2) is 18.2 Å². The van der Waals surface area contributed by atoms with Crippen LogP contribution in [0.5, 0.6) is 0 Å². The highest BCUT2D eigenvalue weighted by molar-refractivity contribution is 5.99. The van der Waals surface area contributed by atoms with Crippen molar-refractivity contribution in [2.24, 2.45) is 0 Å². The Labute approximate surface area is 163 Å². The Hall–Kier alpha value is -1.43. The number of rotatable bonds is 4. The van der Waals surface area contributed by atoms with Crippen molar-refractivity contribution >= 4 is 11.6 Å². The minimum absolute atomic E-state index is 0.0914. The van der Waals surface area contributed by atoms with E-state index in [1.54, 1.807) is 0 Å². The van der Waals surface area contributed by atoms with Gasteiger partial charge in [0.25, 0.3) is 0 Å². The quantitative estimate of drug-likeness (QED) is 0.852. The highest BCUT2D eigenvalue weighted by Crippen LogP contribution is 2.33. The summed E-state index contributed by atoms with van der Waals surface area (Å²) in [6, 6.07) is 6.37. The topological polar surface area (TPSA) is 55.8 Å². The van der Waals surface area contributed by atoms with Crippen LogP contribution in [0.1, 0.15) is 49.7 Å². The molecule has 0 aromatic heterocycles. The van der Waals surface area contributed by atoms with Gasteiger partial charge in [-0.25, -0.2) is 0 Å². The van der Waals surface area contributed by atoms with Gasteiger partial charge in [0.2, 0.25) is 5.91 Å². The van der Waals surface area contributed by atoms with Crippen LogP contribution in [-0.2, 0) is 4.79 Å². The smallest absolute Gasteiger partial charge is 0.244 e. The molecule has 2 fully saturated rings. The summed E-state index contributed by atoms with van der Waals surface area (Å²) in [5, 5.41) is 13.6. The number of para-hydroxylation sites is 1. The third-order valence-corrected chi connectivity index (χ3v) is 6.79. The Morgan fingerprint density at radius 3 is 2.30 bits per heavy atom. The Balaban J connectivity index is 1.73. The number of carbonyl (C=O) groups is 1. The lowest BCUT2D eigenvalue weighted by molar-refractivity contribution is -0.130. The number of aliphatic hydroxyl groups is 1. The van der Waals surface area contributed by atoms with E-state index in [1.165, 1.54) is 6.42 Å². The number of hydrogen-bond donors (Lipinski definition) is 2. The highest BCUT2D eigenvalue weighted by atomic mass is 16.3. The number of likely N-dealkylation sites (tertiary alicyclic amines) is 1. The Morgan fingerprint density at radius 2 is 1.74 bits per heavy atom. The molecule has 0 bridgehead atoms. The molecule has 2 atom stereocenters. The molecule has 0 radical (unpaired) electrons. The van der Waals surface area contributed by atoms with Crippen molar-refractivity contribution in [3.63, 3.8) is 0 Å². The van der Waals surface area contributed by atoms with Gasteiger partial charge in [-0.3, -0.25) is 14.6 Å². The van der Waals surface area contributed by atoms with Gasteiger partial charge in [0.05, 0.1) is 6.10 Å². The van der Waals surface area contributed by atoms with E-state index in [4.69, 9.17) is 0 Å². The summed E-state index contributed by atoms with van der Waals surface area (Å²) < 4.78 is 0. The largest absolute Gasteiger partial charge is 0.391 e. The van der Waals surface area contributed by atoms with Crippen molar-refractivity contribution in [2.45, 2.75) is 70.1 Å². The summed E-state index contributed by atoms with van der Waals surface area (Å²) in [5.74, 6) is 0.0914. The van der Waals surface area contributed by atoms with Gasteiger partial charge in [-0.05, 0) is 64.8 Å². The third kappa shape index (κ3) is 4.05. The van der Waals surface area contributed by atoms with E-state index < -0.39 is 5.54 Å². The van der Waals surface area contributed by atoms with Gasteiger partial charge < -0.3 is 10.4 Å². The number of aliphatic hydroxyl groups excluding tert-OH is 1. The lowest BCUT2D eigenvalue weighted by atomic mass is 9.82. The maximum Gasteiger partial charge on any atom is 0.244 e. The molecule has 1 aliphatic heterocycles. The summed E-state index contributed by atoms with van der Waals surface area (Å²) in [7, 11) is 4.02. The number of anilines is 1. The molecule has 1 aliphatic carbocycles. The van der Waals surface area contributed by atoms with E-state index in [1.807, 2.05) is 46.1 Å². The Kier molecular flexibility index (Phi) is 6.24. The van der Waals surface area contributed by atoms with Crippen molar-refractivity contribution in [2.75, 3.05) is 32.5 Å². The van der Waals surface area contributed by atoms with Crippen LogP contribution in [-0.4, -0.2) is 65.7 Å². The van der Waals surface area contributed by atoms with Crippen molar-refractivity contribution in [1.82, 2.24) is 9.80 Å². The second-order valence-electron chi connectivity index (χ2n) is 8.60. The number of nitrogens with zero attached hydrogens (tertiary/aromatic N) is 2. The first-order valence-corrected chi connectivity index (χ1v) is 10.3. The fourth-order valence-electron chi connectivity index (χ4n) is 4.86. The molecule has 3 rings (SSSR count). The molecular formula is C22H35N3O2. The number of likely N-dealkylation sites (N-methyl/N-ethyl adjacent to an activating group) is 1. The normalized spacial score (nSPS) is 26.1. The van der Waals surface area contributed by atoms with Crippen molar-refractivity contribution < 1.29 is 9.90 Å². The molecular weight excluding hydrogens is 338 g/mol. The number of hydrogen-bond acceptors (Lipinski definition) is 4. The van der Waals surface area contributed by atoms with E-state index in [-0.39, 0.29) is 18.1 Å². The molecule has 1 aromatic rings. The van der Waals surface area contributed by atoms with E-state index in [9.17, 15) is 9.90 Å². The van der Waals surface area contributed by atoms with Crippen LogP contribution in [0.2, 0.25) is 0 Å². The SMILES string of the molecule is Cc1cccc(C)c1NC(=O)C1(N(C)C)CCN([C@@H]2CCCC[C@H]2O)CC1. The van der Waals surface area contributed by atoms with E-state index in [0.29, 0.717) is 0 Å². The molecule has 2 aliphatic rings. The first kappa shape index (κ1) is 20.3. The average molecular weight is 374 g/mol. The summed E-state index contributed by atoms with van der Waals surface area (Å²) in [6.07, 6.45) is 5.68. The van der Waals surface area contributed by atoms with Gasteiger partial charge in [-0.15, -0.1) is 0 Å².